The second-order valence-corrected chi connectivity index (χ2v) is 8.74. The number of hydrogen-bond donors (Lipinski definition) is 1. The lowest BCUT2D eigenvalue weighted by atomic mass is 10.0. The first-order chi connectivity index (χ1) is 15.2. The molecule has 1 aliphatic rings. The van der Waals surface area contributed by atoms with Gasteiger partial charge in [0.2, 0.25) is 0 Å². The predicted molar refractivity (Wildman–Crippen MR) is 120 cm³/mol. The van der Waals surface area contributed by atoms with E-state index < -0.39 is 0 Å². The van der Waals surface area contributed by atoms with Gasteiger partial charge in [-0.1, -0.05) is 6.07 Å². The van der Waals surface area contributed by atoms with Crippen molar-refractivity contribution >= 4 is 27.5 Å². The largest absolute Gasteiger partial charge is 0.379 e. The fourth-order valence-corrected chi connectivity index (χ4v) is 4.71. The van der Waals surface area contributed by atoms with E-state index in [9.17, 15) is 4.79 Å². The average molecular weight is 434 g/mol. The molecule has 0 radical (unpaired) electrons. The Balaban J connectivity index is 1.38. The number of thiophene rings is 1. The summed E-state index contributed by atoms with van der Waals surface area (Å²) >= 11 is 1.65. The second kappa shape index (κ2) is 8.56. The summed E-state index contributed by atoms with van der Waals surface area (Å²) in [5, 5.41) is 9.29. The summed E-state index contributed by atoms with van der Waals surface area (Å²) in [6, 6.07) is 8.01. The lowest BCUT2D eigenvalue weighted by Gasteiger charge is -2.23. The molecule has 1 atom stereocenters. The van der Waals surface area contributed by atoms with E-state index >= 15 is 0 Å². The summed E-state index contributed by atoms with van der Waals surface area (Å²) in [5.74, 6) is -0.144. The second-order valence-electron chi connectivity index (χ2n) is 7.82. The van der Waals surface area contributed by atoms with E-state index in [0.717, 1.165) is 52.0 Å². The molecule has 5 rings (SSSR count). The van der Waals surface area contributed by atoms with E-state index in [-0.39, 0.29) is 11.9 Å². The molecule has 158 valence electrons. The Morgan fingerprint density at radius 3 is 3.00 bits per heavy atom. The highest BCUT2D eigenvalue weighted by molar-refractivity contribution is 7.17. The first kappa shape index (κ1) is 19.8. The zero-order valence-electron chi connectivity index (χ0n) is 17.2. The molecule has 4 aromatic rings. The highest BCUT2D eigenvalue weighted by Gasteiger charge is 2.19. The smallest absolute Gasteiger partial charge is 0.270 e. The topological polar surface area (TPSA) is 81.9 Å². The number of aromatic nitrogens is 4. The molecule has 1 amide bonds. The van der Waals surface area contributed by atoms with E-state index in [1.54, 1.807) is 16.0 Å². The van der Waals surface area contributed by atoms with Gasteiger partial charge in [-0.05, 0) is 47.5 Å². The van der Waals surface area contributed by atoms with E-state index in [2.05, 4.69) is 26.4 Å². The molecule has 7 nitrogen and oxygen atoms in total. The quantitative estimate of drug-likeness (QED) is 0.520. The molecule has 1 saturated heterocycles. The van der Waals surface area contributed by atoms with Gasteiger partial charge in [-0.2, -0.15) is 5.10 Å². The Hall–Kier alpha value is -3.10. The molecule has 1 aliphatic heterocycles. The normalized spacial score (nSPS) is 16.5. The molecule has 4 aromatic heterocycles. The summed E-state index contributed by atoms with van der Waals surface area (Å²) < 4.78 is 8.35. The number of amides is 1. The number of pyridine rings is 2. The molecule has 31 heavy (non-hydrogen) atoms. The van der Waals surface area contributed by atoms with Crippen LogP contribution >= 0.6 is 11.3 Å². The summed E-state index contributed by atoms with van der Waals surface area (Å²) in [4.78, 5) is 22.0. The zero-order valence-corrected chi connectivity index (χ0v) is 18.1. The van der Waals surface area contributed by atoms with Crippen LogP contribution in [0.5, 0.6) is 0 Å². The van der Waals surface area contributed by atoms with Gasteiger partial charge in [-0.15, -0.1) is 11.3 Å². The maximum atomic E-state index is 12.8. The van der Waals surface area contributed by atoms with Crippen molar-refractivity contribution in [2.24, 2.45) is 7.05 Å². The fraction of sp³-hybridized carbons (Fsp3) is 0.304. The molecule has 0 aliphatic carbocycles. The van der Waals surface area contributed by atoms with Gasteiger partial charge < -0.3 is 10.1 Å². The molecule has 0 bridgehead atoms. The Morgan fingerprint density at radius 1 is 1.32 bits per heavy atom. The number of hydrogen-bond acceptors (Lipinski definition) is 6. The van der Waals surface area contributed by atoms with Crippen molar-refractivity contribution in [1.29, 1.82) is 0 Å². The minimum Gasteiger partial charge on any atom is -0.379 e. The van der Waals surface area contributed by atoms with Gasteiger partial charge in [0, 0.05) is 38.0 Å². The van der Waals surface area contributed by atoms with Crippen LogP contribution in [0, 0.1) is 0 Å². The summed E-state index contributed by atoms with van der Waals surface area (Å²) in [6.45, 7) is 1.33. The Morgan fingerprint density at radius 2 is 2.26 bits per heavy atom. The molecule has 5 heterocycles. The molecule has 8 heteroatoms. The van der Waals surface area contributed by atoms with Crippen molar-refractivity contribution < 1.29 is 9.53 Å². The van der Waals surface area contributed by atoms with Gasteiger partial charge in [0.25, 0.3) is 5.91 Å². The molecule has 0 unspecified atom stereocenters. The number of carbonyl (C=O) groups is 1. The third-order valence-electron chi connectivity index (χ3n) is 5.44. The Labute approximate surface area is 184 Å². The van der Waals surface area contributed by atoms with Crippen molar-refractivity contribution in [2.45, 2.75) is 25.3 Å². The lowest BCUT2D eigenvalue weighted by molar-refractivity contribution is 0.0622. The zero-order chi connectivity index (χ0) is 21.2. The van der Waals surface area contributed by atoms with E-state index in [0.29, 0.717) is 18.7 Å². The van der Waals surface area contributed by atoms with E-state index in [1.807, 2.05) is 49.2 Å². The number of nitrogens with zero attached hydrogens (tertiary/aromatic N) is 4. The lowest BCUT2D eigenvalue weighted by Crippen LogP contribution is -2.40. The van der Waals surface area contributed by atoms with Crippen LogP contribution in [-0.2, 0) is 18.2 Å². The van der Waals surface area contributed by atoms with Crippen molar-refractivity contribution in [3.05, 3.63) is 65.1 Å². The van der Waals surface area contributed by atoms with Gasteiger partial charge in [-0.25, -0.2) is 4.98 Å². The predicted octanol–water partition coefficient (Wildman–Crippen LogP) is 3.59. The van der Waals surface area contributed by atoms with Crippen molar-refractivity contribution in [3.8, 4) is 11.3 Å². The van der Waals surface area contributed by atoms with Crippen LogP contribution < -0.4 is 5.32 Å². The Kier molecular flexibility index (Phi) is 5.48. The number of ether oxygens (including phenoxy) is 1. The monoisotopic (exact) mass is 433 g/mol. The van der Waals surface area contributed by atoms with Gasteiger partial charge in [0.05, 0.1) is 34.8 Å². The minimum atomic E-state index is -0.144. The Bertz CT molecular complexity index is 1210. The number of fused-ring (bicyclic) bond motifs is 1. The highest BCUT2D eigenvalue weighted by atomic mass is 32.1. The van der Waals surface area contributed by atoms with Crippen LogP contribution in [0.15, 0.2) is 48.2 Å². The van der Waals surface area contributed by atoms with E-state index in [4.69, 9.17) is 4.74 Å². The molecule has 0 spiro atoms. The third kappa shape index (κ3) is 4.35. The van der Waals surface area contributed by atoms with Gasteiger partial charge in [-0.3, -0.25) is 14.5 Å². The molecule has 0 saturated carbocycles. The number of nitrogens with one attached hydrogen (secondary N) is 1. The SMILES string of the molecule is Cn1cc(-c2ccc(Cc3cc(C(=O)N[C@H]4CCCOC4)nc4ccsc34)cn2)cn1. The minimum absolute atomic E-state index is 0.0499. The maximum Gasteiger partial charge on any atom is 0.270 e. The van der Waals surface area contributed by atoms with Crippen LogP contribution in [0.2, 0.25) is 0 Å². The fourth-order valence-electron chi connectivity index (χ4n) is 3.86. The number of carbonyl (C=O) groups excluding carboxylic acids is 1. The van der Waals surface area contributed by atoms with Crippen LogP contribution in [0.4, 0.5) is 0 Å². The van der Waals surface area contributed by atoms with Crippen LogP contribution in [0.25, 0.3) is 21.5 Å². The van der Waals surface area contributed by atoms with Gasteiger partial charge in [0.15, 0.2) is 0 Å². The summed E-state index contributed by atoms with van der Waals surface area (Å²) in [6.07, 6.45) is 8.24. The van der Waals surface area contributed by atoms with Crippen LogP contribution in [0.1, 0.15) is 34.5 Å². The number of rotatable bonds is 5. The molecular formula is C23H23N5O2S. The van der Waals surface area contributed by atoms with Gasteiger partial charge >= 0.3 is 0 Å². The van der Waals surface area contributed by atoms with Crippen LogP contribution in [0.3, 0.4) is 0 Å². The average Bonchev–Trinajstić information content (AvgIpc) is 3.44. The highest BCUT2D eigenvalue weighted by Crippen LogP contribution is 2.27. The van der Waals surface area contributed by atoms with Gasteiger partial charge in [0.1, 0.15) is 5.69 Å². The molecule has 1 fully saturated rings. The third-order valence-corrected chi connectivity index (χ3v) is 6.42. The first-order valence-electron chi connectivity index (χ1n) is 10.4. The summed E-state index contributed by atoms with van der Waals surface area (Å²) in [7, 11) is 1.89. The van der Waals surface area contributed by atoms with Crippen molar-refractivity contribution in [3.63, 3.8) is 0 Å². The summed E-state index contributed by atoms with van der Waals surface area (Å²) in [5.41, 5.74) is 5.35. The first-order valence-corrected chi connectivity index (χ1v) is 11.2. The molecule has 1 N–H and O–H groups in total. The van der Waals surface area contributed by atoms with Crippen molar-refractivity contribution in [1.82, 2.24) is 25.1 Å². The van der Waals surface area contributed by atoms with E-state index in [1.165, 1.54) is 0 Å². The van der Waals surface area contributed by atoms with Crippen LogP contribution in [-0.4, -0.2) is 44.9 Å². The molecule has 0 aromatic carbocycles. The van der Waals surface area contributed by atoms with Crippen molar-refractivity contribution in [2.75, 3.05) is 13.2 Å². The number of aryl methyl sites for hydroxylation is 1. The standard InChI is InChI=1S/C23H23N5O2S/c1-28-13-17(12-25-28)19-5-4-15(11-24-19)9-16-10-21(27-20-6-8-31-22(16)20)23(29)26-18-3-2-7-30-14-18/h4-6,8,10-13,18H,2-3,7,9,14H2,1H3,(H,26,29)/t18-/m0/s1. The molecular weight excluding hydrogens is 410 g/mol. The maximum absolute atomic E-state index is 12.8.